The Bertz CT molecular complexity index is 1220. The third-order valence-electron chi connectivity index (χ3n) is 5.78. The van der Waals surface area contributed by atoms with Gasteiger partial charge in [-0.05, 0) is 62.6 Å². The number of rotatable bonds is 8. The Morgan fingerprint density at radius 3 is 2.38 bits per heavy atom. The number of unbranched alkanes of at least 4 members (excludes halogenated alkanes) is 1. The molecule has 0 spiro atoms. The fraction of sp³-hybridized carbons (Fsp3) is 0.280. The molecule has 1 aliphatic rings. The maximum absolute atomic E-state index is 13.6. The van der Waals surface area contributed by atoms with Gasteiger partial charge in [0.25, 0.3) is 11.8 Å². The molecule has 0 fully saturated rings. The number of nitrogens with one attached hydrogen (secondary N) is 1. The number of nitrogens with two attached hydrogens (primary N) is 1. The number of fused-ring (bicyclic) bond motifs is 1. The van der Waals surface area contributed by atoms with Gasteiger partial charge in [-0.2, -0.15) is 5.10 Å². The summed E-state index contributed by atoms with van der Waals surface area (Å²) in [5, 5.41) is 7.24. The summed E-state index contributed by atoms with van der Waals surface area (Å²) in [7, 11) is 0. The summed E-state index contributed by atoms with van der Waals surface area (Å²) in [5.41, 5.74) is 9.67. The smallest absolute Gasteiger partial charge is 0.277 e. The van der Waals surface area contributed by atoms with Gasteiger partial charge in [0, 0.05) is 35.8 Å². The van der Waals surface area contributed by atoms with E-state index in [1.54, 1.807) is 29.2 Å². The Balaban J connectivity index is 1.59. The average molecular weight is 480 g/mol. The number of primary amides is 1. The van der Waals surface area contributed by atoms with E-state index in [2.05, 4.69) is 10.4 Å². The maximum atomic E-state index is 13.6. The molecule has 2 heterocycles. The first-order valence-electron chi connectivity index (χ1n) is 11.2. The van der Waals surface area contributed by atoms with E-state index in [1.165, 1.54) is 4.68 Å². The lowest BCUT2D eigenvalue weighted by Gasteiger charge is -2.28. The van der Waals surface area contributed by atoms with Crippen molar-refractivity contribution in [3.8, 4) is 5.69 Å². The lowest BCUT2D eigenvalue weighted by molar-refractivity contribution is -0.116. The van der Waals surface area contributed by atoms with Gasteiger partial charge in [0.2, 0.25) is 5.91 Å². The second-order valence-corrected chi connectivity index (χ2v) is 8.61. The largest absolute Gasteiger partial charge is 0.364 e. The standard InChI is InChI=1S/C25H26ClN5O3/c1-16-5-9-19(10-6-16)31-23-20(22(29-31)24(27)33)13-15-30(25(23)34)18-11-7-17(8-12-18)28-21(32)4-2-3-14-26/h5-12H,2-4,13-15H2,1H3,(H2,27,33)(H,28,32). The van der Waals surface area contributed by atoms with Crippen molar-refractivity contribution in [3.63, 3.8) is 0 Å². The first-order chi connectivity index (χ1) is 16.4. The van der Waals surface area contributed by atoms with E-state index in [9.17, 15) is 14.4 Å². The number of aryl methyl sites for hydroxylation is 1. The van der Waals surface area contributed by atoms with Crippen molar-refractivity contribution in [1.29, 1.82) is 0 Å². The monoisotopic (exact) mass is 479 g/mol. The molecule has 8 nitrogen and oxygen atoms in total. The Hall–Kier alpha value is -3.65. The van der Waals surface area contributed by atoms with Gasteiger partial charge < -0.3 is 16.0 Å². The summed E-state index contributed by atoms with van der Waals surface area (Å²) in [6.07, 6.45) is 2.39. The zero-order valence-corrected chi connectivity index (χ0v) is 19.6. The van der Waals surface area contributed by atoms with Crippen molar-refractivity contribution >= 4 is 40.7 Å². The van der Waals surface area contributed by atoms with Crippen LogP contribution in [0.1, 0.15) is 51.4 Å². The van der Waals surface area contributed by atoms with Crippen molar-refractivity contribution in [3.05, 3.63) is 71.0 Å². The fourth-order valence-electron chi connectivity index (χ4n) is 4.01. The third-order valence-corrected chi connectivity index (χ3v) is 6.05. The Morgan fingerprint density at radius 2 is 1.74 bits per heavy atom. The molecule has 0 aliphatic carbocycles. The topological polar surface area (TPSA) is 110 Å². The van der Waals surface area contributed by atoms with Crippen LogP contribution in [0.4, 0.5) is 11.4 Å². The van der Waals surface area contributed by atoms with E-state index in [4.69, 9.17) is 17.3 Å². The molecule has 34 heavy (non-hydrogen) atoms. The van der Waals surface area contributed by atoms with Gasteiger partial charge in [0.1, 0.15) is 5.69 Å². The zero-order valence-electron chi connectivity index (χ0n) is 18.9. The average Bonchev–Trinajstić information content (AvgIpc) is 3.22. The molecule has 2 aromatic carbocycles. The van der Waals surface area contributed by atoms with Gasteiger partial charge >= 0.3 is 0 Å². The van der Waals surface area contributed by atoms with Crippen LogP contribution < -0.4 is 16.0 Å². The number of benzene rings is 2. The molecule has 4 rings (SSSR count). The second kappa shape index (κ2) is 10.1. The summed E-state index contributed by atoms with van der Waals surface area (Å²) in [4.78, 5) is 39.3. The first kappa shape index (κ1) is 23.5. The summed E-state index contributed by atoms with van der Waals surface area (Å²) >= 11 is 5.66. The third kappa shape index (κ3) is 4.82. The summed E-state index contributed by atoms with van der Waals surface area (Å²) in [5.74, 6) is -0.455. The number of halogens is 1. The molecule has 0 unspecified atom stereocenters. The number of carbonyl (C=O) groups is 3. The van der Waals surface area contributed by atoms with Gasteiger partial charge in [0.15, 0.2) is 5.69 Å². The highest BCUT2D eigenvalue weighted by atomic mass is 35.5. The number of alkyl halides is 1. The maximum Gasteiger partial charge on any atom is 0.277 e. The molecule has 0 bridgehead atoms. The van der Waals surface area contributed by atoms with Crippen molar-refractivity contribution in [2.24, 2.45) is 5.73 Å². The van der Waals surface area contributed by atoms with Crippen LogP contribution in [0.2, 0.25) is 0 Å². The number of carbonyl (C=O) groups excluding carboxylic acids is 3. The van der Waals surface area contributed by atoms with Crippen molar-refractivity contribution in [1.82, 2.24) is 9.78 Å². The Morgan fingerprint density at radius 1 is 1.06 bits per heavy atom. The molecule has 176 valence electrons. The lowest BCUT2D eigenvalue weighted by Crippen LogP contribution is -2.39. The van der Waals surface area contributed by atoms with Crippen molar-refractivity contribution in [2.75, 3.05) is 22.6 Å². The minimum atomic E-state index is -0.658. The molecule has 9 heteroatoms. The second-order valence-electron chi connectivity index (χ2n) is 8.24. The predicted molar refractivity (Wildman–Crippen MR) is 132 cm³/mol. The van der Waals surface area contributed by atoms with Gasteiger partial charge in [-0.25, -0.2) is 4.68 Å². The Kier molecular flexibility index (Phi) is 6.98. The quantitative estimate of drug-likeness (QED) is 0.378. The van der Waals surface area contributed by atoms with Gasteiger partial charge in [-0.1, -0.05) is 17.7 Å². The van der Waals surface area contributed by atoms with Crippen LogP contribution in [-0.2, 0) is 11.2 Å². The minimum Gasteiger partial charge on any atom is -0.364 e. The van der Waals surface area contributed by atoms with Gasteiger partial charge in [0.05, 0.1) is 5.69 Å². The van der Waals surface area contributed by atoms with Crippen LogP contribution in [0.25, 0.3) is 5.69 Å². The fourth-order valence-corrected chi connectivity index (χ4v) is 4.19. The van der Waals surface area contributed by atoms with E-state index in [0.29, 0.717) is 53.6 Å². The number of hydrogen-bond donors (Lipinski definition) is 2. The summed E-state index contributed by atoms with van der Waals surface area (Å²) in [6.45, 7) is 2.35. The number of amides is 3. The van der Waals surface area contributed by atoms with Crippen LogP contribution in [0.15, 0.2) is 48.5 Å². The zero-order chi connectivity index (χ0) is 24.2. The highest BCUT2D eigenvalue weighted by molar-refractivity contribution is 6.17. The highest BCUT2D eigenvalue weighted by Crippen LogP contribution is 2.29. The van der Waals surface area contributed by atoms with E-state index < -0.39 is 5.91 Å². The minimum absolute atomic E-state index is 0.0717. The number of anilines is 2. The molecule has 3 amide bonds. The number of hydrogen-bond acceptors (Lipinski definition) is 4. The molecular weight excluding hydrogens is 454 g/mol. The number of aromatic nitrogens is 2. The normalized spacial score (nSPS) is 13.0. The van der Waals surface area contributed by atoms with Crippen molar-refractivity contribution < 1.29 is 14.4 Å². The SMILES string of the molecule is Cc1ccc(-n2nc(C(N)=O)c3c2C(=O)N(c2ccc(NC(=O)CCCCCl)cc2)CC3)cc1. The molecule has 3 N–H and O–H groups in total. The van der Waals surface area contributed by atoms with Crippen LogP contribution in [0, 0.1) is 6.92 Å². The van der Waals surface area contributed by atoms with Gasteiger partial charge in [-0.15, -0.1) is 11.6 Å². The molecule has 1 aromatic heterocycles. The molecule has 0 saturated heterocycles. The molecule has 3 aromatic rings. The lowest BCUT2D eigenvalue weighted by atomic mass is 10.0. The molecule has 0 saturated carbocycles. The van der Waals surface area contributed by atoms with Crippen LogP contribution in [0.5, 0.6) is 0 Å². The Labute approximate surface area is 202 Å². The molecule has 0 atom stereocenters. The molecule has 0 radical (unpaired) electrons. The van der Waals surface area contributed by atoms with Crippen LogP contribution in [0.3, 0.4) is 0 Å². The predicted octanol–water partition coefficient (Wildman–Crippen LogP) is 3.83. The first-order valence-corrected chi connectivity index (χ1v) is 11.7. The number of nitrogens with zero attached hydrogens (tertiary/aromatic N) is 3. The van der Waals surface area contributed by atoms with E-state index >= 15 is 0 Å². The van der Waals surface area contributed by atoms with Crippen molar-refractivity contribution in [2.45, 2.75) is 32.6 Å². The van der Waals surface area contributed by atoms with Crippen LogP contribution in [-0.4, -0.2) is 39.9 Å². The summed E-state index contributed by atoms with van der Waals surface area (Å²) < 4.78 is 1.50. The van der Waals surface area contributed by atoms with Gasteiger partial charge in [-0.3, -0.25) is 14.4 Å². The summed E-state index contributed by atoms with van der Waals surface area (Å²) in [6, 6.07) is 14.7. The van der Waals surface area contributed by atoms with E-state index in [-0.39, 0.29) is 17.5 Å². The van der Waals surface area contributed by atoms with E-state index in [0.717, 1.165) is 18.4 Å². The highest BCUT2D eigenvalue weighted by Gasteiger charge is 2.34. The molecule has 1 aliphatic heterocycles. The molecular formula is C25H26ClN5O3. The van der Waals surface area contributed by atoms with Crippen LogP contribution >= 0.6 is 11.6 Å². The van der Waals surface area contributed by atoms with E-state index in [1.807, 2.05) is 31.2 Å².